The molecule has 2 aliphatic rings. The van der Waals surface area contributed by atoms with Crippen LogP contribution < -0.4 is 4.90 Å². The van der Waals surface area contributed by atoms with Crippen LogP contribution in [0.4, 0.5) is 15.8 Å². The first-order valence-electron chi connectivity index (χ1n) is 8.01. The number of nitrogens with zero attached hydrogens (tertiary/aromatic N) is 3. The maximum atomic E-state index is 13.1. The van der Waals surface area contributed by atoms with Gasteiger partial charge in [-0.1, -0.05) is 17.3 Å². The van der Waals surface area contributed by atoms with Crippen molar-refractivity contribution in [1.29, 1.82) is 0 Å². The molecule has 1 saturated heterocycles. The third kappa shape index (κ3) is 2.55. The van der Waals surface area contributed by atoms with Crippen LogP contribution in [-0.4, -0.2) is 28.6 Å². The molecule has 1 fully saturated rings. The molecule has 0 N–H and O–H groups in total. The molecule has 0 aliphatic carbocycles. The van der Waals surface area contributed by atoms with Crippen LogP contribution in [-0.2, 0) is 14.4 Å². The highest BCUT2D eigenvalue weighted by molar-refractivity contribution is 6.32. The predicted molar refractivity (Wildman–Crippen MR) is 91.6 cm³/mol. The second kappa shape index (κ2) is 5.97. The van der Waals surface area contributed by atoms with Crippen LogP contribution in [0, 0.1) is 28.8 Å². The average molecular weight is 369 g/mol. The molecule has 2 aromatic rings. The number of carbonyl (C=O) groups is 2. The summed E-state index contributed by atoms with van der Waals surface area (Å²) in [6, 6.07) is 9.25. The minimum atomic E-state index is -1.10. The summed E-state index contributed by atoms with van der Waals surface area (Å²) < 4.78 is 13.1. The lowest BCUT2D eigenvalue weighted by Gasteiger charge is -2.17. The summed E-state index contributed by atoms with van der Waals surface area (Å²) in [6.07, 6.45) is -1.10. The van der Waals surface area contributed by atoms with Crippen molar-refractivity contribution in [2.45, 2.75) is 13.0 Å². The predicted octanol–water partition coefficient (Wildman–Crippen LogP) is 2.33. The summed E-state index contributed by atoms with van der Waals surface area (Å²) in [5.41, 5.74) is 1.26. The molecule has 9 heteroatoms. The van der Waals surface area contributed by atoms with E-state index in [9.17, 15) is 24.1 Å². The van der Waals surface area contributed by atoms with Crippen molar-refractivity contribution in [2.24, 2.45) is 11.1 Å². The lowest BCUT2D eigenvalue weighted by molar-refractivity contribution is -0.384. The highest BCUT2D eigenvalue weighted by atomic mass is 19.1. The van der Waals surface area contributed by atoms with Crippen LogP contribution in [0.1, 0.15) is 11.1 Å². The summed E-state index contributed by atoms with van der Waals surface area (Å²) in [5, 5.41) is 14.7. The largest absolute Gasteiger partial charge is 0.381 e. The van der Waals surface area contributed by atoms with E-state index in [0.717, 1.165) is 4.90 Å². The van der Waals surface area contributed by atoms with Gasteiger partial charge in [0.25, 0.3) is 11.6 Å². The number of non-ortho nitro benzene ring substituents is 1. The number of oxime groups is 1. The fourth-order valence-corrected chi connectivity index (χ4v) is 3.28. The van der Waals surface area contributed by atoms with E-state index < -0.39 is 34.6 Å². The molecule has 0 aromatic heterocycles. The number of anilines is 1. The first-order chi connectivity index (χ1) is 12.9. The third-order valence-corrected chi connectivity index (χ3v) is 4.58. The summed E-state index contributed by atoms with van der Waals surface area (Å²) >= 11 is 0. The van der Waals surface area contributed by atoms with Crippen LogP contribution in [0.15, 0.2) is 47.6 Å². The van der Waals surface area contributed by atoms with Gasteiger partial charge in [0.05, 0.1) is 10.6 Å². The number of halogens is 1. The molecule has 2 aromatic carbocycles. The van der Waals surface area contributed by atoms with Gasteiger partial charge < -0.3 is 4.84 Å². The lowest BCUT2D eigenvalue weighted by atomic mass is 9.94. The molecule has 2 aliphatic heterocycles. The van der Waals surface area contributed by atoms with Crippen molar-refractivity contribution in [3.05, 3.63) is 69.5 Å². The van der Waals surface area contributed by atoms with E-state index in [2.05, 4.69) is 5.16 Å². The van der Waals surface area contributed by atoms with Gasteiger partial charge in [0.15, 0.2) is 0 Å². The molecule has 2 amide bonds. The molecular weight excluding hydrogens is 357 g/mol. The van der Waals surface area contributed by atoms with E-state index in [-0.39, 0.29) is 17.1 Å². The topological polar surface area (TPSA) is 102 Å². The number of imide groups is 1. The molecular formula is C18H12FN3O5. The Kier molecular flexibility index (Phi) is 3.72. The van der Waals surface area contributed by atoms with Crippen LogP contribution in [0.25, 0.3) is 0 Å². The van der Waals surface area contributed by atoms with E-state index in [4.69, 9.17) is 4.84 Å². The molecule has 2 heterocycles. The Bertz CT molecular complexity index is 1020. The number of nitro groups is 1. The SMILES string of the molecule is Cc1cc([N+](=O)[O-])ccc1N1C(=O)C2ON=C(c3ccc(F)cc3)C2C1=O. The minimum absolute atomic E-state index is 0.139. The Labute approximate surface area is 152 Å². The van der Waals surface area contributed by atoms with E-state index in [1.54, 1.807) is 6.92 Å². The first-order valence-corrected chi connectivity index (χ1v) is 8.01. The van der Waals surface area contributed by atoms with Gasteiger partial charge in [0, 0.05) is 17.7 Å². The molecule has 2 atom stereocenters. The number of carbonyl (C=O) groups excluding carboxylic acids is 2. The zero-order valence-electron chi connectivity index (χ0n) is 14.0. The van der Waals surface area contributed by atoms with Gasteiger partial charge in [-0.05, 0) is 30.7 Å². The van der Waals surface area contributed by atoms with Crippen molar-refractivity contribution in [3.8, 4) is 0 Å². The van der Waals surface area contributed by atoms with Gasteiger partial charge in [0.2, 0.25) is 12.0 Å². The number of nitro benzene ring substituents is 1. The second-order valence-corrected chi connectivity index (χ2v) is 6.23. The zero-order chi connectivity index (χ0) is 19.3. The molecule has 0 radical (unpaired) electrons. The number of hydrogen-bond acceptors (Lipinski definition) is 6. The maximum Gasteiger partial charge on any atom is 0.278 e. The summed E-state index contributed by atoms with van der Waals surface area (Å²) in [5.74, 6) is -2.52. The Morgan fingerprint density at radius 3 is 2.48 bits per heavy atom. The first kappa shape index (κ1) is 16.8. The molecule has 136 valence electrons. The smallest absolute Gasteiger partial charge is 0.278 e. The summed E-state index contributed by atoms with van der Waals surface area (Å²) in [4.78, 5) is 42.2. The maximum absolute atomic E-state index is 13.1. The molecule has 0 spiro atoms. The zero-order valence-corrected chi connectivity index (χ0v) is 14.0. The van der Waals surface area contributed by atoms with Crippen LogP contribution in [0.3, 0.4) is 0 Å². The van der Waals surface area contributed by atoms with Crippen LogP contribution in [0.2, 0.25) is 0 Å². The lowest BCUT2D eigenvalue weighted by Crippen LogP contribution is -2.33. The van der Waals surface area contributed by atoms with E-state index >= 15 is 0 Å². The number of hydrogen-bond donors (Lipinski definition) is 0. The Hall–Kier alpha value is -3.62. The fourth-order valence-electron chi connectivity index (χ4n) is 3.28. The quantitative estimate of drug-likeness (QED) is 0.469. The van der Waals surface area contributed by atoms with Crippen molar-refractivity contribution < 1.29 is 23.7 Å². The molecule has 2 unspecified atom stereocenters. The van der Waals surface area contributed by atoms with Crippen molar-refractivity contribution in [3.63, 3.8) is 0 Å². The highest BCUT2D eigenvalue weighted by Crippen LogP contribution is 2.37. The number of aryl methyl sites for hydroxylation is 1. The van der Waals surface area contributed by atoms with Crippen molar-refractivity contribution in [2.75, 3.05) is 4.90 Å². The Balaban J connectivity index is 1.70. The fraction of sp³-hybridized carbons (Fsp3) is 0.167. The van der Waals surface area contributed by atoms with Gasteiger partial charge in [-0.15, -0.1) is 0 Å². The van der Waals surface area contributed by atoms with Gasteiger partial charge >= 0.3 is 0 Å². The molecule has 0 saturated carbocycles. The van der Waals surface area contributed by atoms with Gasteiger partial charge in [0.1, 0.15) is 17.4 Å². The molecule has 0 bridgehead atoms. The molecule has 8 nitrogen and oxygen atoms in total. The number of fused-ring (bicyclic) bond motifs is 1. The third-order valence-electron chi connectivity index (χ3n) is 4.58. The molecule has 27 heavy (non-hydrogen) atoms. The van der Waals surface area contributed by atoms with Gasteiger partial charge in [-0.25, -0.2) is 9.29 Å². The number of rotatable bonds is 3. The van der Waals surface area contributed by atoms with Gasteiger partial charge in [-0.3, -0.25) is 19.7 Å². The highest BCUT2D eigenvalue weighted by Gasteiger charge is 2.56. The Morgan fingerprint density at radius 1 is 1.15 bits per heavy atom. The van der Waals surface area contributed by atoms with Crippen LogP contribution >= 0.6 is 0 Å². The van der Waals surface area contributed by atoms with Gasteiger partial charge in [-0.2, -0.15) is 0 Å². The number of benzene rings is 2. The van der Waals surface area contributed by atoms with E-state index in [1.165, 1.54) is 42.5 Å². The van der Waals surface area contributed by atoms with Crippen molar-refractivity contribution >= 4 is 28.9 Å². The summed E-state index contributed by atoms with van der Waals surface area (Å²) in [7, 11) is 0. The van der Waals surface area contributed by atoms with E-state index in [1.807, 2.05) is 0 Å². The normalized spacial score (nSPS) is 21.1. The van der Waals surface area contributed by atoms with Crippen molar-refractivity contribution in [1.82, 2.24) is 0 Å². The monoisotopic (exact) mass is 369 g/mol. The van der Waals surface area contributed by atoms with E-state index in [0.29, 0.717) is 11.1 Å². The summed E-state index contributed by atoms with van der Waals surface area (Å²) in [6.45, 7) is 1.58. The van der Waals surface area contributed by atoms with Crippen LogP contribution in [0.5, 0.6) is 0 Å². The second-order valence-electron chi connectivity index (χ2n) is 6.23. The minimum Gasteiger partial charge on any atom is -0.381 e. The number of amides is 2. The standard InChI is InChI=1S/C18H12FN3O5/c1-9-8-12(22(25)26)6-7-13(9)21-17(23)14-15(20-27-16(14)18(21)24)10-2-4-11(19)5-3-10/h2-8,14,16H,1H3. The Morgan fingerprint density at radius 2 is 1.85 bits per heavy atom. The average Bonchev–Trinajstić information content (AvgIpc) is 3.17. The molecule has 4 rings (SSSR count).